The Labute approximate surface area is 146 Å². The van der Waals surface area contributed by atoms with Crippen LogP contribution in [0.5, 0.6) is 0 Å². The van der Waals surface area contributed by atoms with Crippen molar-refractivity contribution in [2.75, 3.05) is 36.4 Å². The van der Waals surface area contributed by atoms with Gasteiger partial charge in [0, 0.05) is 37.9 Å². The van der Waals surface area contributed by atoms with Crippen LogP contribution in [0.2, 0.25) is 0 Å². The van der Waals surface area contributed by atoms with Crippen molar-refractivity contribution in [3.05, 3.63) is 41.9 Å². The van der Waals surface area contributed by atoms with Crippen molar-refractivity contribution >= 4 is 17.4 Å². The number of hydrogen-bond acceptors (Lipinski definition) is 5. The first-order valence-corrected chi connectivity index (χ1v) is 8.55. The van der Waals surface area contributed by atoms with Crippen molar-refractivity contribution in [2.45, 2.75) is 26.3 Å². The highest BCUT2D eigenvalue weighted by Gasteiger charge is 2.28. The molecule has 1 aromatic carbocycles. The second-order valence-corrected chi connectivity index (χ2v) is 6.24. The van der Waals surface area contributed by atoms with Gasteiger partial charge in [-0.15, -0.1) is 0 Å². The van der Waals surface area contributed by atoms with Crippen molar-refractivity contribution in [2.24, 2.45) is 0 Å². The van der Waals surface area contributed by atoms with E-state index in [1.54, 1.807) is 25.1 Å². The Hall–Kier alpha value is -2.41. The van der Waals surface area contributed by atoms with E-state index in [1.807, 2.05) is 6.92 Å². The Morgan fingerprint density at radius 1 is 1.28 bits per heavy atom. The fourth-order valence-electron chi connectivity index (χ4n) is 3.19. The molecule has 0 saturated carbocycles. The standard InChI is InChI=1S/C18H23FN4O2/c1-3-16(18(24)20-17-12-13(2)25-21-17)23-10-8-22(9-11-23)15-6-4-14(19)5-7-15/h4-7,12,16H,3,8-11H2,1-2H3,(H,20,21,24)/t16-/m1/s1. The highest BCUT2D eigenvalue weighted by molar-refractivity contribution is 5.94. The average molecular weight is 346 g/mol. The topological polar surface area (TPSA) is 61.6 Å². The molecule has 0 radical (unpaired) electrons. The first kappa shape index (κ1) is 17.4. The molecule has 2 aromatic rings. The monoisotopic (exact) mass is 346 g/mol. The van der Waals surface area contributed by atoms with Crippen LogP contribution in [0.15, 0.2) is 34.9 Å². The van der Waals surface area contributed by atoms with Crippen LogP contribution in [-0.2, 0) is 4.79 Å². The highest BCUT2D eigenvalue weighted by atomic mass is 19.1. The predicted molar refractivity (Wildman–Crippen MR) is 94.1 cm³/mol. The van der Waals surface area contributed by atoms with Gasteiger partial charge in [0.15, 0.2) is 5.82 Å². The van der Waals surface area contributed by atoms with E-state index in [0.29, 0.717) is 11.6 Å². The summed E-state index contributed by atoms with van der Waals surface area (Å²) in [5.74, 6) is 0.821. The Kier molecular flexibility index (Phi) is 5.33. The maximum absolute atomic E-state index is 13.1. The number of halogens is 1. The lowest BCUT2D eigenvalue weighted by Crippen LogP contribution is -2.53. The smallest absolute Gasteiger partial charge is 0.242 e. The van der Waals surface area contributed by atoms with Crippen LogP contribution in [0.4, 0.5) is 15.9 Å². The molecule has 1 aliphatic rings. The number of aromatic nitrogens is 1. The molecular weight excluding hydrogens is 323 g/mol. The molecule has 2 heterocycles. The number of nitrogens with one attached hydrogen (secondary N) is 1. The van der Waals surface area contributed by atoms with Gasteiger partial charge in [0.25, 0.3) is 0 Å². The fraction of sp³-hybridized carbons (Fsp3) is 0.444. The zero-order valence-corrected chi connectivity index (χ0v) is 14.5. The first-order valence-electron chi connectivity index (χ1n) is 8.55. The van der Waals surface area contributed by atoms with E-state index >= 15 is 0 Å². The van der Waals surface area contributed by atoms with E-state index in [1.165, 1.54) is 12.1 Å². The number of piperazine rings is 1. The zero-order valence-electron chi connectivity index (χ0n) is 14.5. The molecule has 0 bridgehead atoms. The summed E-state index contributed by atoms with van der Waals surface area (Å²) in [7, 11) is 0. The van der Waals surface area contributed by atoms with Gasteiger partial charge < -0.3 is 14.7 Å². The summed E-state index contributed by atoms with van der Waals surface area (Å²) in [6, 6.07) is 8.04. The number of carbonyl (C=O) groups excluding carboxylic acids is 1. The molecule has 1 N–H and O–H groups in total. The Bertz CT molecular complexity index is 708. The molecular formula is C18H23FN4O2. The molecule has 1 saturated heterocycles. The van der Waals surface area contributed by atoms with Gasteiger partial charge in [-0.3, -0.25) is 9.69 Å². The van der Waals surface area contributed by atoms with E-state index < -0.39 is 0 Å². The number of rotatable bonds is 5. The number of hydrogen-bond donors (Lipinski definition) is 1. The van der Waals surface area contributed by atoms with E-state index in [9.17, 15) is 9.18 Å². The van der Waals surface area contributed by atoms with Crippen LogP contribution < -0.4 is 10.2 Å². The summed E-state index contributed by atoms with van der Waals surface area (Å²) in [4.78, 5) is 16.9. The molecule has 1 fully saturated rings. The van der Waals surface area contributed by atoms with Crippen LogP contribution in [0.1, 0.15) is 19.1 Å². The summed E-state index contributed by atoms with van der Waals surface area (Å²) in [6.45, 7) is 6.96. The van der Waals surface area contributed by atoms with Crippen LogP contribution in [0.3, 0.4) is 0 Å². The molecule has 3 rings (SSSR count). The van der Waals surface area contributed by atoms with Gasteiger partial charge in [0.1, 0.15) is 11.6 Å². The molecule has 1 aromatic heterocycles. The van der Waals surface area contributed by atoms with E-state index in [2.05, 4.69) is 20.3 Å². The van der Waals surface area contributed by atoms with Gasteiger partial charge in [-0.1, -0.05) is 12.1 Å². The Morgan fingerprint density at radius 3 is 2.52 bits per heavy atom. The zero-order chi connectivity index (χ0) is 17.8. The minimum atomic E-state index is -0.229. The molecule has 0 spiro atoms. The Morgan fingerprint density at radius 2 is 1.96 bits per heavy atom. The molecule has 6 nitrogen and oxygen atoms in total. The van der Waals surface area contributed by atoms with Gasteiger partial charge in [0.2, 0.25) is 5.91 Å². The molecule has 0 aliphatic carbocycles. The van der Waals surface area contributed by atoms with Crippen molar-refractivity contribution in [1.82, 2.24) is 10.1 Å². The van der Waals surface area contributed by atoms with Gasteiger partial charge in [-0.05, 0) is 37.6 Å². The van der Waals surface area contributed by atoms with Gasteiger partial charge in [-0.2, -0.15) is 0 Å². The molecule has 25 heavy (non-hydrogen) atoms. The lowest BCUT2D eigenvalue weighted by atomic mass is 10.1. The third-order valence-corrected chi connectivity index (χ3v) is 4.52. The van der Waals surface area contributed by atoms with Gasteiger partial charge in [-0.25, -0.2) is 4.39 Å². The van der Waals surface area contributed by atoms with E-state index in [-0.39, 0.29) is 17.8 Å². The van der Waals surface area contributed by atoms with Crippen LogP contribution >= 0.6 is 0 Å². The van der Waals surface area contributed by atoms with Gasteiger partial charge in [0.05, 0.1) is 6.04 Å². The summed E-state index contributed by atoms with van der Waals surface area (Å²) in [5.41, 5.74) is 1.01. The number of nitrogens with zero attached hydrogens (tertiary/aromatic N) is 3. The molecule has 1 amide bonds. The normalized spacial score (nSPS) is 16.7. The minimum absolute atomic E-state index is 0.0639. The third kappa shape index (κ3) is 4.17. The third-order valence-electron chi connectivity index (χ3n) is 4.52. The summed E-state index contributed by atoms with van der Waals surface area (Å²) in [6.07, 6.45) is 0.721. The first-order chi connectivity index (χ1) is 12.1. The Balaban J connectivity index is 1.58. The number of anilines is 2. The molecule has 0 unspecified atom stereocenters. The lowest BCUT2D eigenvalue weighted by molar-refractivity contribution is -0.121. The second kappa shape index (κ2) is 7.65. The van der Waals surface area contributed by atoms with Crippen molar-refractivity contribution in [3.8, 4) is 0 Å². The van der Waals surface area contributed by atoms with Crippen molar-refractivity contribution in [1.29, 1.82) is 0 Å². The number of benzene rings is 1. The number of carbonyl (C=O) groups is 1. The van der Waals surface area contributed by atoms with E-state index in [4.69, 9.17) is 4.52 Å². The molecule has 1 aliphatic heterocycles. The highest BCUT2D eigenvalue weighted by Crippen LogP contribution is 2.19. The summed E-state index contributed by atoms with van der Waals surface area (Å²) in [5, 5.41) is 6.63. The maximum atomic E-state index is 13.1. The molecule has 134 valence electrons. The molecule has 7 heteroatoms. The fourth-order valence-corrected chi connectivity index (χ4v) is 3.19. The lowest BCUT2D eigenvalue weighted by Gasteiger charge is -2.39. The van der Waals surface area contributed by atoms with Gasteiger partial charge >= 0.3 is 0 Å². The SMILES string of the molecule is CC[C@H](C(=O)Nc1cc(C)on1)N1CCN(c2ccc(F)cc2)CC1. The van der Waals surface area contributed by atoms with Crippen LogP contribution in [-0.4, -0.2) is 48.2 Å². The maximum Gasteiger partial charge on any atom is 0.242 e. The van der Waals surface area contributed by atoms with Crippen molar-refractivity contribution < 1.29 is 13.7 Å². The summed E-state index contributed by atoms with van der Waals surface area (Å²) >= 11 is 0. The predicted octanol–water partition coefficient (Wildman–Crippen LogP) is 2.66. The average Bonchev–Trinajstić information content (AvgIpc) is 3.02. The van der Waals surface area contributed by atoms with Crippen LogP contribution in [0, 0.1) is 12.7 Å². The minimum Gasteiger partial charge on any atom is -0.369 e. The largest absolute Gasteiger partial charge is 0.369 e. The second-order valence-electron chi connectivity index (χ2n) is 6.24. The van der Waals surface area contributed by atoms with Crippen LogP contribution in [0.25, 0.3) is 0 Å². The summed E-state index contributed by atoms with van der Waals surface area (Å²) < 4.78 is 18.0. The number of amides is 1. The number of aryl methyl sites for hydroxylation is 1. The molecule has 1 atom stereocenters. The van der Waals surface area contributed by atoms with Crippen molar-refractivity contribution in [3.63, 3.8) is 0 Å². The van der Waals surface area contributed by atoms with E-state index in [0.717, 1.165) is 38.3 Å². The quantitative estimate of drug-likeness (QED) is 0.902.